The number of ether oxygens (including phenoxy) is 15. The number of esters is 2. The van der Waals surface area contributed by atoms with Gasteiger partial charge in [-0.2, -0.15) is 0 Å². The van der Waals surface area contributed by atoms with Gasteiger partial charge in [0.1, 0.15) is 165 Å². The lowest BCUT2D eigenvalue weighted by Gasteiger charge is -2.50. The van der Waals surface area contributed by atoms with Gasteiger partial charge in [-0.3, -0.25) is 0 Å². The largest absolute Gasteiger partial charge is 0.453 e. The van der Waals surface area contributed by atoms with Crippen molar-refractivity contribution in [1.82, 2.24) is 0 Å². The average molecular weight is 1530 g/mol. The minimum absolute atomic E-state index is 0.000666. The highest BCUT2D eigenvalue weighted by molar-refractivity contribution is 9.11. The van der Waals surface area contributed by atoms with Crippen LogP contribution in [0.15, 0.2) is 19.7 Å². The van der Waals surface area contributed by atoms with E-state index in [1.54, 1.807) is 0 Å². The molecule has 20 rings (SSSR count). The first kappa shape index (κ1) is 74.6. The van der Waals surface area contributed by atoms with Crippen LogP contribution < -0.4 is 0 Å². The highest BCUT2D eigenvalue weighted by Gasteiger charge is 2.59. The van der Waals surface area contributed by atoms with E-state index in [-0.39, 0.29) is 28.5 Å². The summed E-state index contributed by atoms with van der Waals surface area (Å²) in [5, 5.41) is 233. The van der Waals surface area contributed by atoms with E-state index in [1.807, 2.05) is 0 Å². The molecule has 18 aliphatic heterocycles. The molecule has 7 saturated heterocycles. The molecule has 18 aliphatic rings. The summed E-state index contributed by atoms with van der Waals surface area (Å²) in [6.07, 6.45) is -71.6. The molecule has 94 heavy (non-hydrogen) atoms. The smallest absolute Gasteiger partial charge is 0.342 e. The average Bonchev–Trinajstić information content (AvgIpc) is 1.09. The van der Waals surface area contributed by atoms with Crippen LogP contribution in [0.5, 0.6) is 0 Å². The van der Waals surface area contributed by atoms with Crippen LogP contribution in [0.25, 0.3) is 9.75 Å². The summed E-state index contributed by atoms with van der Waals surface area (Å²) in [6.45, 7) is -7.50. The molecule has 0 saturated carbocycles. The first-order valence-corrected chi connectivity index (χ1v) is 32.3. The van der Waals surface area contributed by atoms with Gasteiger partial charge >= 0.3 is 11.9 Å². The van der Waals surface area contributed by atoms with Crippen molar-refractivity contribution in [2.75, 3.05) is 46.2 Å². The monoisotopic (exact) mass is 1530 g/mol. The van der Waals surface area contributed by atoms with Crippen molar-refractivity contribution in [3.63, 3.8) is 0 Å². The SMILES string of the molecule is O=C1O[C@H]2O[C@H](CO)[C@@H](O[C@H]3O[C@H](CO)[C@@H](O[C@H]4O[C@H](CO)[C@@H](O[C@H]5O[C@H](CO)[C@@H](O[C@H]6O[C@H](CO)[C@@H](O[C@H]7O[C@H](CO)[C@@H](O[C@H]8O[C@H](CO)[C@@H](OC(=O)c9cc(Br)sc9-c9sc(Br)cc91)[C@H](O)[C@H]8O)[C@H](O)[C@H]7O)[C@H](O)[C@H]6O)[C@H](O)[C@H]5O)[C@H](O)[C@H]4O)[C@H](O)[C@H]3O)[C@H](O)[C@H]2O. The summed E-state index contributed by atoms with van der Waals surface area (Å²) < 4.78 is 86.1. The molecule has 0 aliphatic carbocycles. The molecule has 0 radical (unpaired) electrons. The van der Waals surface area contributed by atoms with Gasteiger partial charge in [0.05, 0.1) is 74.7 Å². The number of aliphatic hydroxyl groups is 21. The molecule has 42 heteroatoms. The first-order valence-electron chi connectivity index (χ1n) is 29.0. The molecule has 7 fully saturated rings. The zero-order valence-corrected chi connectivity index (χ0v) is 53.0. The minimum Gasteiger partial charge on any atom is -0.453 e. The van der Waals surface area contributed by atoms with Crippen molar-refractivity contribution in [3.05, 3.63) is 30.8 Å². The lowest BCUT2D eigenvalue weighted by molar-refractivity contribution is -0.397. The number of carbonyl (C=O) groups excluding carboxylic acids is 2. The van der Waals surface area contributed by atoms with Crippen molar-refractivity contribution in [1.29, 1.82) is 0 Å². The summed E-state index contributed by atoms with van der Waals surface area (Å²) in [5.41, 5.74) is -0.606. The van der Waals surface area contributed by atoms with Crippen LogP contribution >= 0.6 is 54.5 Å². The minimum atomic E-state index is -2.26. The van der Waals surface area contributed by atoms with Crippen LogP contribution in [-0.4, -0.2) is 380 Å². The molecule has 0 spiro atoms. The van der Waals surface area contributed by atoms with Gasteiger partial charge in [0, 0.05) is 0 Å². The molecule has 38 nitrogen and oxygen atoms in total. The molecule has 20 heterocycles. The zero-order valence-electron chi connectivity index (χ0n) is 48.2. The Balaban J connectivity index is 0.926. The van der Waals surface area contributed by atoms with Gasteiger partial charge in [0.15, 0.2) is 43.8 Å². The van der Waals surface area contributed by atoms with E-state index in [0.29, 0.717) is 0 Å². The maximum absolute atomic E-state index is 14.2. The summed E-state index contributed by atoms with van der Waals surface area (Å²) in [5.74, 6) is -2.51. The van der Waals surface area contributed by atoms with Gasteiger partial charge in [-0.1, -0.05) is 0 Å². The molecule has 2 aromatic heterocycles. The molecular weight excluding hydrogens is 1460 g/mol. The Kier molecular flexibility index (Phi) is 25.0. The summed E-state index contributed by atoms with van der Waals surface area (Å²) in [7, 11) is 0. The Labute approximate surface area is 553 Å². The van der Waals surface area contributed by atoms with Gasteiger partial charge < -0.3 is 178 Å². The maximum Gasteiger partial charge on any atom is 0.342 e. The molecule has 0 unspecified atom stereocenters. The predicted octanol–water partition coefficient (Wildman–Crippen LogP) is -10.9. The second-order valence-electron chi connectivity index (χ2n) is 22.9. The number of carbonyl (C=O) groups is 2. The van der Waals surface area contributed by atoms with E-state index >= 15 is 0 Å². The second kappa shape index (κ2) is 31.4. The van der Waals surface area contributed by atoms with E-state index in [0.717, 1.165) is 22.7 Å². The number of halogens is 2. The second-order valence-corrected chi connectivity index (χ2v) is 27.8. The summed E-state index contributed by atoms with van der Waals surface area (Å²) >= 11 is 8.34. The van der Waals surface area contributed by atoms with E-state index < -0.39 is 273 Å². The Morgan fingerprint density at radius 2 is 0.468 bits per heavy atom. The van der Waals surface area contributed by atoms with Crippen LogP contribution in [0.3, 0.4) is 0 Å². The number of aliphatic hydroxyl groups excluding tert-OH is 21. The third-order valence-electron chi connectivity index (χ3n) is 17.0. The normalized spacial score (nSPS) is 47.8. The molecule has 21 N–H and O–H groups in total. The fourth-order valence-electron chi connectivity index (χ4n) is 11.9. The van der Waals surface area contributed by atoms with E-state index in [1.165, 1.54) is 12.1 Å². The topological polar surface area (TPSA) is 597 Å². The highest BCUT2D eigenvalue weighted by atomic mass is 79.9. The van der Waals surface area contributed by atoms with Crippen LogP contribution in [0.4, 0.5) is 0 Å². The Bertz CT molecular complexity index is 2820. The summed E-state index contributed by atoms with van der Waals surface area (Å²) in [6, 6.07) is 2.50. The Hall–Kier alpha value is -2.06. The molecule has 2 aromatic rings. The van der Waals surface area contributed by atoms with Gasteiger partial charge in [-0.25, -0.2) is 9.59 Å². The lowest BCUT2D eigenvalue weighted by Crippen LogP contribution is -2.68. The standard InChI is InChI=1S/C52H72Br2O38S2/c53-19-1-10-42(93-19)43-11(2-20(54)94-43)45(77)92-52-34(75)27(68)41(18(9-61)84-52)91-51-33(74)26(67)40(17(8-60)83-51)90-50-32(73)25(66)39(16(7-59)82-50)89-49-31(72)24(65)38(15(6-58)81-49)88-48-30(71)23(64)37(14(5-57)80-48)87-47-29(70)22(63)36(13(4-56)79-47)86-46-28(69)21(62)35(85-44(10)76)12(3-55)78-46/h1-2,12-18,21-41,46-52,55-75H,3-9H2/t12-,13-,14-,15-,16-,17-,18-,21-,22-,23-,24-,25-,26-,27-,28-,29-,30-,31-,32-,33-,34-,35-,36-,37-,38-,39-,40-,41-,46-,47-,48-,49-,50-,51-,52-/m1/s1. The van der Waals surface area contributed by atoms with Crippen molar-refractivity contribution >= 4 is 66.5 Å². The van der Waals surface area contributed by atoms with Crippen LogP contribution in [0, 0.1) is 0 Å². The van der Waals surface area contributed by atoms with E-state index in [4.69, 9.17) is 71.1 Å². The van der Waals surface area contributed by atoms with E-state index in [2.05, 4.69) is 31.9 Å². The van der Waals surface area contributed by atoms with Crippen LogP contribution in [0.2, 0.25) is 0 Å². The van der Waals surface area contributed by atoms with Gasteiger partial charge in [-0.05, 0) is 44.0 Å². The lowest BCUT2D eigenvalue weighted by atomic mass is 9.95. The first-order chi connectivity index (χ1) is 44.7. The number of hydrogen-bond acceptors (Lipinski definition) is 40. The molecule has 35 atom stereocenters. The zero-order chi connectivity index (χ0) is 68.2. The third kappa shape index (κ3) is 14.7. The molecule has 0 amide bonds. The Morgan fingerprint density at radius 1 is 0.277 bits per heavy atom. The molecular formula is C52H72Br2O38S2. The van der Waals surface area contributed by atoms with Crippen molar-refractivity contribution in [2.45, 2.75) is 215 Å². The predicted molar refractivity (Wildman–Crippen MR) is 301 cm³/mol. The fourth-order valence-corrected chi connectivity index (χ4v) is 15.3. The van der Waals surface area contributed by atoms with Gasteiger partial charge in [0.25, 0.3) is 0 Å². The summed E-state index contributed by atoms with van der Waals surface area (Å²) in [4.78, 5) is 28.3. The van der Waals surface area contributed by atoms with Crippen LogP contribution in [0.1, 0.15) is 20.7 Å². The number of rotatable bonds is 7. The maximum atomic E-state index is 14.2. The molecule has 534 valence electrons. The number of hydrogen-bond donors (Lipinski definition) is 21. The highest BCUT2D eigenvalue weighted by Crippen LogP contribution is 2.45. The van der Waals surface area contributed by atoms with Crippen LogP contribution in [-0.2, 0) is 71.1 Å². The third-order valence-corrected chi connectivity index (χ3v) is 20.4. The van der Waals surface area contributed by atoms with Gasteiger partial charge in [0.2, 0.25) is 6.29 Å². The van der Waals surface area contributed by atoms with E-state index in [9.17, 15) is 117 Å². The molecule has 0 aromatic carbocycles. The Morgan fingerprint density at radius 3 is 0.702 bits per heavy atom. The molecule has 14 bridgehead atoms. The fraction of sp³-hybridized carbons (Fsp3) is 0.808. The number of fused-ring (bicyclic) bond motifs is 1. The van der Waals surface area contributed by atoms with Crippen molar-refractivity contribution in [2.24, 2.45) is 0 Å². The van der Waals surface area contributed by atoms with Crippen molar-refractivity contribution in [3.8, 4) is 9.75 Å². The van der Waals surface area contributed by atoms with Crippen molar-refractivity contribution < 1.29 is 188 Å². The number of thiophene rings is 2. The van der Waals surface area contributed by atoms with Gasteiger partial charge in [-0.15, -0.1) is 22.7 Å². The quantitative estimate of drug-likeness (QED) is 0.114.